The van der Waals surface area contributed by atoms with Crippen LogP contribution in [0.4, 0.5) is 5.69 Å². The van der Waals surface area contributed by atoms with Crippen LogP contribution in [0, 0.1) is 0 Å². The molecule has 3 aromatic rings. The highest BCUT2D eigenvalue weighted by atomic mass is 16.7. The number of anilines is 1. The first-order chi connectivity index (χ1) is 16.1. The molecule has 166 valence electrons. The maximum absolute atomic E-state index is 13.9. The fourth-order valence-corrected chi connectivity index (χ4v) is 4.83. The Kier molecular flexibility index (Phi) is 4.23. The van der Waals surface area contributed by atoms with Crippen LogP contribution in [0.1, 0.15) is 21.5 Å². The van der Waals surface area contributed by atoms with Crippen LogP contribution >= 0.6 is 0 Å². The van der Waals surface area contributed by atoms with E-state index in [9.17, 15) is 14.7 Å². The van der Waals surface area contributed by atoms with Crippen molar-refractivity contribution < 1.29 is 28.9 Å². The lowest BCUT2D eigenvalue weighted by molar-refractivity contribution is -0.122. The van der Waals surface area contributed by atoms with E-state index in [2.05, 4.69) is 5.32 Å². The van der Waals surface area contributed by atoms with Crippen molar-refractivity contribution in [1.82, 2.24) is 5.32 Å². The van der Waals surface area contributed by atoms with Crippen molar-refractivity contribution >= 4 is 17.5 Å². The summed E-state index contributed by atoms with van der Waals surface area (Å²) in [5.74, 6) is 1.21. The number of amides is 2. The third-order valence-corrected chi connectivity index (χ3v) is 6.41. The lowest BCUT2D eigenvalue weighted by Gasteiger charge is -2.23. The van der Waals surface area contributed by atoms with Crippen LogP contribution in [0.15, 0.2) is 60.7 Å². The summed E-state index contributed by atoms with van der Waals surface area (Å²) in [4.78, 5) is 28.0. The summed E-state index contributed by atoms with van der Waals surface area (Å²) >= 11 is 0. The van der Waals surface area contributed by atoms with Gasteiger partial charge in [0.2, 0.25) is 12.7 Å². The third-order valence-electron chi connectivity index (χ3n) is 6.41. The second kappa shape index (κ2) is 7.16. The second-order valence-electron chi connectivity index (χ2n) is 8.14. The molecule has 0 radical (unpaired) electrons. The number of phenols is 1. The Bertz CT molecular complexity index is 1310. The molecule has 1 atom stereocenters. The Labute approximate surface area is 189 Å². The van der Waals surface area contributed by atoms with Gasteiger partial charge >= 0.3 is 0 Å². The first-order valence-electron chi connectivity index (χ1n) is 10.6. The van der Waals surface area contributed by atoms with Crippen LogP contribution in [-0.4, -0.2) is 43.4 Å². The molecule has 0 saturated heterocycles. The molecular weight excluding hydrogens is 424 g/mol. The summed E-state index contributed by atoms with van der Waals surface area (Å²) in [6.45, 7) is 0.815. The molecule has 1 spiro atoms. The standard InChI is InChI=1S/C25H20N2O6/c28-19-8-4-1-5-15(19)23(29)26-9-10-27-18-7-3-2-6-16(18)25(24(27)30)13-31-20-12-22-21(11-17(20)25)32-14-33-22/h1-8,11-12,28H,9-10,13-14H2,(H,26,29). The van der Waals surface area contributed by atoms with Gasteiger partial charge in [0.15, 0.2) is 11.5 Å². The Morgan fingerprint density at radius 3 is 2.58 bits per heavy atom. The van der Waals surface area contributed by atoms with Gasteiger partial charge in [0.05, 0.1) is 5.56 Å². The number of hydrogen-bond acceptors (Lipinski definition) is 6. The SMILES string of the molecule is O=C(NCCN1C(=O)C2(COc3cc4c(cc32)OCO4)c2ccccc21)c1ccccc1O. The molecule has 8 nitrogen and oxygen atoms in total. The summed E-state index contributed by atoms with van der Waals surface area (Å²) in [7, 11) is 0. The topological polar surface area (TPSA) is 97.3 Å². The highest BCUT2D eigenvalue weighted by Crippen LogP contribution is 2.54. The summed E-state index contributed by atoms with van der Waals surface area (Å²) < 4.78 is 17.0. The van der Waals surface area contributed by atoms with Gasteiger partial charge < -0.3 is 29.5 Å². The van der Waals surface area contributed by atoms with Crippen LogP contribution < -0.4 is 24.4 Å². The molecule has 0 fully saturated rings. The first kappa shape index (κ1) is 19.5. The molecule has 0 aliphatic carbocycles. The normalized spacial score (nSPS) is 19.4. The molecule has 3 aliphatic rings. The summed E-state index contributed by atoms with van der Waals surface area (Å²) in [6.07, 6.45) is 0. The number of fused-ring (bicyclic) bond motifs is 5. The molecule has 2 amide bonds. The summed E-state index contributed by atoms with van der Waals surface area (Å²) in [5.41, 5.74) is 1.61. The minimum absolute atomic E-state index is 0.0880. The molecule has 2 N–H and O–H groups in total. The average Bonchev–Trinajstić information content (AvgIpc) is 3.50. The lowest BCUT2D eigenvalue weighted by Crippen LogP contribution is -2.45. The Morgan fingerprint density at radius 2 is 1.73 bits per heavy atom. The predicted molar refractivity (Wildman–Crippen MR) is 118 cm³/mol. The second-order valence-corrected chi connectivity index (χ2v) is 8.14. The van der Waals surface area contributed by atoms with E-state index in [-0.39, 0.29) is 43.7 Å². The van der Waals surface area contributed by atoms with Gasteiger partial charge in [-0.1, -0.05) is 30.3 Å². The fourth-order valence-electron chi connectivity index (χ4n) is 4.83. The van der Waals surface area contributed by atoms with Crippen molar-refractivity contribution in [1.29, 1.82) is 0 Å². The number of nitrogens with one attached hydrogen (secondary N) is 1. The van der Waals surface area contributed by atoms with Crippen LogP contribution in [0.2, 0.25) is 0 Å². The van der Waals surface area contributed by atoms with Crippen molar-refractivity contribution in [2.45, 2.75) is 5.41 Å². The van der Waals surface area contributed by atoms with E-state index in [4.69, 9.17) is 14.2 Å². The fraction of sp³-hybridized carbons (Fsp3) is 0.200. The van der Waals surface area contributed by atoms with Crippen LogP contribution in [0.5, 0.6) is 23.0 Å². The number of nitrogens with zero attached hydrogens (tertiary/aromatic N) is 1. The van der Waals surface area contributed by atoms with E-state index >= 15 is 0 Å². The zero-order valence-corrected chi connectivity index (χ0v) is 17.5. The van der Waals surface area contributed by atoms with Gasteiger partial charge in [-0.3, -0.25) is 9.59 Å². The minimum Gasteiger partial charge on any atom is -0.507 e. The van der Waals surface area contributed by atoms with Crippen molar-refractivity contribution in [2.24, 2.45) is 0 Å². The zero-order valence-electron chi connectivity index (χ0n) is 17.5. The van der Waals surface area contributed by atoms with Gasteiger partial charge in [-0.2, -0.15) is 0 Å². The molecule has 6 rings (SSSR count). The molecular formula is C25H20N2O6. The number of carbonyl (C=O) groups is 2. The predicted octanol–water partition coefficient (Wildman–Crippen LogP) is 2.58. The molecule has 8 heteroatoms. The van der Waals surface area contributed by atoms with Gasteiger partial charge in [0.1, 0.15) is 23.5 Å². The number of ether oxygens (including phenoxy) is 3. The molecule has 0 aromatic heterocycles. The monoisotopic (exact) mass is 444 g/mol. The number of benzene rings is 3. The molecule has 33 heavy (non-hydrogen) atoms. The highest BCUT2D eigenvalue weighted by molar-refractivity contribution is 6.11. The molecule has 1 unspecified atom stereocenters. The number of carbonyl (C=O) groups excluding carboxylic acids is 2. The lowest BCUT2D eigenvalue weighted by atomic mass is 9.77. The molecule has 3 aromatic carbocycles. The van der Waals surface area contributed by atoms with E-state index in [1.165, 1.54) is 6.07 Å². The molecule has 0 saturated carbocycles. The largest absolute Gasteiger partial charge is 0.507 e. The van der Waals surface area contributed by atoms with Crippen molar-refractivity contribution in [3.8, 4) is 23.0 Å². The smallest absolute Gasteiger partial charge is 0.255 e. The molecule has 3 heterocycles. The van der Waals surface area contributed by atoms with Crippen molar-refractivity contribution in [3.05, 3.63) is 77.4 Å². The van der Waals surface area contributed by atoms with E-state index in [0.717, 1.165) is 16.8 Å². The van der Waals surface area contributed by atoms with Crippen molar-refractivity contribution in [3.63, 3.8) is 0 Å². The van der Waals surface area contributed by atoms with E-state index in [0.29, 0.717) is 17.2 Å². The van der Waals surface area contributed by atoms with E-state index < -0.39 is 11.3 Å². The minimum atomic E-state index is -0.978. The Balaban J connectivity index is 1.30. The summed E-state index contributed by atoms with van der Waals surface area (Å²) in [6, 6.07) is 17.6. The van der Waals surface area contributed by atoms with Crippen LogP contribution in [0.3, 0.4) is 0 Å². The molecule has 0 bridgehead atoms. The Hall–Kier alpha value is -4.20. The number of para-hydroxylation sites is 2. The van der Waals surface area contributed by atoms with Gasteiger partial charge in [-0.05, 0) is 29.8 Å². The van der Waals surface area contributed by atoms with Crippen molar-refractivity contribution in [2.75, 3.05) is 31.4 Å². The van der Waals surface area contributed by atoms with Gasteiger partial charge in [0.25, 0.3) is 5.91 Å². The van der Waals surface area contributed by atoms with Gasteiger partial charge in [-0.15, -0.1) is 0 Å². The first-order valence-corrected chi connectivity index (χ1v) is 10.6. The number of hydrogen-bond donors (Lipinski definition) is 2. The third kappa shape index (κ3) is 2.77. The van der Waals surface area contributed by atoms with Crippen LogP contribution in [-0.2, 0) is 10.2 Å². The summed E-state index contributed by atoms with van der Waals surface area (Å²) in [5, 5.41) is 12.7. The number of rotatable bonds is 4. The molecule has 3 aliphatic heterocycles. The number of aromatic hydroxyl groups is 1. The van der Waals surface area contributed by atoms with Crippen LogP contribution in [0.25, 0.3) is 0 Å². The number of phenolic OH excluding ortho intramolecular Hbond substituents is 1. The van der Waals surface area contributed by atoms with Gasteiger partial charge in [-0.25, -0.2) is 0 Å². The highest BCUT2D eigenvalue weighted by Gasteiger charge is 2.57. The quantitative estimate of drug-likeness (QED) is 0.642. The van der Waals surface area contributed by atoms with E-state index in [1.54, 1.807) is 29.2 Å². The maximum atomic E-state index is 13.9. The van der Waals surface area contributed by atoms with E-state index in [1.807, 2.05) is 30.3 Å². The Morgan fingerprint density at radius 1 is 0.970 bits per heavy atom. The van der Waals surface area contributed by atoms with Gasteiger partial charge in [0, 0.05) is 30.4 Å². The zero-order chi connectivity index (χ0) is 22.6. The maximum Gasteiger partial charge on any atom is 0.255 e. The average molecular weight is 444 g/mol.